The highest BCUT2D eigenvalue weighted by atomic mass is 32.3. The Morgan fingerprint density at radius 1 is 0.560 bits per heavy atom. The first-order chi connectivity index (χ1) is 11.4. The lowest BCUT2D eigenvalue weighted by Gasteiger charge is -2.07. The third-order valence-electron chi connectivity index (χ3n) is 2.67. The molecule has 25 heavy (non-hydrogen) atoms. The van der Waals surface area contributed by atoms with Gasteiger partial charge in [-0.15, -0.1) is 0 Å². The molecule has 2 aromatic rings. The molecule has 0 saturated heterocycles. The summed E-state index contributed by atoms with van der Waals surface area (Å²) in [5, 5.41) is 0. The van der Waals surface area contributed by atoms with Crippen LogP contribution in [0.5, 0.6) is 11.5 Å². The molecule has 0 aliphatic heterocycles. The predicted octanol–water partition coefficient (Wildman–Crippen LogP) is 0.883. The zero-order valence-corrected chi connectivity index (χ0v) is 14.5. The van der Waals surface area contributed by atoms with Gasteiger partial charge in [0.1, 0.15) is 11.5 Å². The molecule has 0 unspecified atom stereocenters. The molecule has 13 heteroatoms. The standard InChI is InChI=1S/C12H10O10S3/c13-23(14,11-5-1-9(2-6-11)21-24(15,16)17)12-7-3-10(4-8-12)22-25(18,19)20/h1-8H,(H,15,16,17)(H,18,19,20). The fourth-order valence-electron chi connectivity index (χ4n) is 1.73. The average Bonchev–Trinajstić information content (AvgIpc) is 2.45. The van der Waals surface area contributed by atoms with Crippen molar-refractivity contribution in [2.24, 2.45) is 0 Å². The van der Waals surface area contributed by atoms with E-state index in [9.17, 15) is 25.3 Å². The van der Waals surface area contributed by atoms with Crippen LogP contribution in [0.4, 0.5) is 0 Å². The maximum Gasteiger partial charge on any atom is 0.446 e. The highest BCUT2D eigenvalue weighted by molar-refractivity contribution is 7.91. The van der Waals surface area contributed by atoms with Crippen molar-refractivity contribution in [2.45, 2.75) is 9.79 Å². The topological polar surface area (TPSA) is 161 Å². The largest absolute Gasteiger partial charge is 0.446 e. The Hall–Kier alpha value is -2.19. The van der Waals surface area contributed by atoms with Gasteiger partial charge in [-0.3, -0.25) is 9.11 Å². The molecule has 0 saturated carbocycles. The van der Waals surface area contributed by atoms with E-state index in [-0.39, 0.29) is 21.3 Å². The molecule has 0 heterocycles. The van der Waals surface area contributed by atoms with Gasteiger partial charge in [-0.1, -0.05) is 0 Å². The smallest absolute Gasteiger partial charge is 0.362 e. The minimum Gasteiger partial charge on any atom is -0.362 e. The monoisotopic (exact) mass is 410 g/mol. The maximum atomic E-state index is 12.4. The molecule has 2 aromatic carbocycles. The van der Waals surface area contributed by atoms with E-state index in [2.05, 4.69) is 8.37 Å². The summed E-state index contributed by atoms with van der Waals surface area (Å²) in [7, 11) is -13.5. The predicted molar refractivity (Wildman–Crippen MR) is 82.7 cm³/mol. The number of hydrogen-bond acceptors (Lipinski definition) is 8. The molecular weight excluding hydrogens is 400 g/mol. The van der Waals surface area contributed by atoms with Crippen LogP contribution in [-0.2, 0) is 30.6 Å². The fraction of sp³-hybridized carbons (Fsp3) is 0. The fourth-order valence-corrected chi connectivity index (χ4v) is 3.70. The summed E-state index contributed by atoms with van der Waals surface area (Å²) >= 11 is 0. The number of sulfone groups is 1. The minimum atomic E-state index is -4.73. The van der Waals surface area contributed by atoms with Crippen LogP contribution >= 0.6 is 0 Å². The molecule has 10 nitrogen and oxygen atoms in total. The Kier molecular flexibility index (Phi) is 5.06. The van der Waals surface area contributed by atoms with E-state index < -0.39 is 30.6 Å². The van der Waals surface area contributed by atoms with Crippen LogP contribution in [-0.4, -0.2) is 34.4 Å². The lowest BCUT2D eigenvalue weighted by Crippen LogP contribution is -2.08. The van der Waals surface area contributed by atoms with E-state index in [1.165, 1.54) is 0 Å². The average molecular weight is 410 g/mol. The van der Waals surface area contributed by atoms with E-state index in [0.29, 0.717) is 0 Å². The second-order valence-electron chi connectivity index (χ2n) is 4.47. The summed E-state index contributed by atoms with van der Waals surface area (Å²) in [6, 6.07) is 8.31. The van der Waals surface area contributed by atoms with Crippen LogP contribution in [0.2, 0.25) is 0 Å². The lowest BCUT2D eigenvalue weighted by atomic mass is 10.3. The number of hydrogen-bond donors (Lipinski definition) is 2. The van der Waals surface area contributed by atoms with Crippen molar-refractivity contribution in [3.8, 4) is 11.5 Å². The number of benzene rings is 2. The van der Waals surface area contributed by atoms with Gasteiger partial charge in [-0.05, 0) is 48.5 Å². The molecule has 136 valence electrons. The summed E-state index contributed by atoms with van der Waals surface area (Å²) in [4.78, 5) is -0.419. The third kappa shape index (κ3) is 5.40. The Morgan fingerprint density at radius 2 is 0.840 bits per heavy atom. The summed E-state index contributed by atoms with van der Waals surface area (Å²) in [5.74, 6) is -0.586. The quantitative estimate of drug-likeness (QED) is 0.654. The van der Waals surface area contributed by atoms with E-state index >= 15 is 0 Å². The summed E-state index contributed by atoms with van der Waals surface area (Å²) in [6.45, 7) is 0. The van der Waals surface area contributed by atoms with Gasteiger partial charge in [0.25, 0.3) is 0 Å². The molecule has 2 rings (SSSR count). The zero-order chi connectivity index (χ0) is 18.9. The molecule has 0 bridgehead atoms. The highest BCUT2D eigenvalue weighted by Gasteiger charge is 2.19. The van der Waals surface area contributed by atoms with Crippen molar-refractivity contribution >= 4 is 30.6 Å². The van der Waals surface area contributed by atoms with Gasteiger partial charge in [-0.25, -0.2) is 8.42 Å². The highest BCUT2D eigenvalue weighted by Crippen LogP contribution is 2.25. The van der Waals surface area contributed by atoms with Crippen molar-refractivity contribution in [1.82, 2.24) is 0 Å². The van der Waals surface area contributed by atoms with E-state index in [1.54, 1.807) is 0 Å². The normalized spacial score (nSPS) is 12.6. The second-order valence-corrected chi connectivity index (χ2v) is 8.46. The third-order valence-corrected chi connectivity index (χ3v) is 5.26. The second kappa shape index (κ2) is 6.61. The van der Waals surface area contributed by atoms with E-state index in [1.807, 2.05) is 0 Å². The number of rotatable bonds is 6. The van der Waals surface area contributed by atoms with Gasteiger partial charge < -0.3 is 8.37 Å². The molecule has 0 aromatic heterocycles. The Balaban J connectivity index is 2.29. The zero-order valence-electron chi connectivity index (χ0n) is 12.0. The van der Waals surface area contributed by atoms with Crippen LogP contribution in [0.25, 0.3) is 0 Å². The molecule has 0 amide bonds. The van der Waals surface area contributed by atoms with Gasteiger partial charge in [-0.2, -0.15) is 16.8 Å². The van der Waals surface area contributed by atoms with Crippen molar-refractivity contribution in [2.75, 3.05) is 0 Å². The molecule has 0 aliphatic rings. The van der Waals surface area contributed by atoms with Crippen LogP contribution in [0.15, 0.2) is 58.3 Å². The summed E-state index contributed by atoms with van der Waals surface area (Å²) < 4.78 is 92.6. The first kappa shape index (κ1) is 19.1. The van der Waals surface area contributed by atoms with Gasteiger partial charge >= 0.3 is 20.8 Å². The van der Waals surface area contributed by atoms with Gasteiger partial charge in [0.05, 0.1) is 9.79 Å². The molecule has 0 aliphatic carbocycles. The van der Waals surface area contributed by atoms with Crippen molar-refractivity contribution in [3.05, 3.63) is 48.5 Å². The van der Waals surface area contributed by atoms with Gasteiger partial charge in [0, 0.05) is 0 Å². The van der Waals surface area contributed by atoms with Crippen molar-refractivity contribution in [1.29, 1.82) is 0 Å². The summed E-state index contributed by atoms with van der Waals surface area (Å²) in [6.07, 6.45) is 0. The Morgan fingerprint density at radius 3 is 1.08 bits per heavy atom. The Labute approximate surface area is 143 Å². The SMILES string of the molecule is O=S(=O)(O)Oc1ccc(S(=O)(=O)c2ccc(OS(=O)(=O)O)cc2)cc1. The van der Waals surface area contributed by atoms with Gasteiger partial charge in [0.15, 0.2) is 0 Å². The molecule has 0 atom stereocenters. The molecule has 2 N–H and O–H groups in total. The van der Waals surface area contributed by atoms with Crippen molar-refractivity contribution in [3.63, 3.8) is 0 Å². The molecule has 0 fully saturated rings. The molecule has 0 spiro atoms. The molecular formula is C12H10O10S3. The van der Waals surface area contributed by atoms with E-state index in [0.717, 1.165) is 48.5 Å². The first-order valence-corrected chi connectivity index (χ1v) is 10.4. The van der Waals surface area contributed by atoms with Crippen LogP contribution in [0, 0.1) is 0 Å². The summed E-state index contributed by atoms with van der Waals surface area (Å²) in [5.41, 5.74) is 0. The maximum absolute atomic E-state index is 12.4. The Bertz CT molecular complexity index is 983. The van der Waals surface area contributed by atoms with Crippen LogP contribution in [0.3, 0.4) is 0 Å². The lowest BCUT2D eigenvalue weighted by molar-refractivity contribution is 0.384. The van der Waals surface area contributed by atoms with Gasteiger partial charge in [0.2, 0.25) is 9.84 Å². The first-order valence-electron chi connectivity index (χ1n) is 6.16. The molecule has 0 radical (unpaired) electrons. The van der Waals surface area contributed by atoms with Crippen LogP contribution in [0.1, 0.15) is 0 Å². The van der Waals surface area contributed by atoms with E-state index in [4.69, 9.17) is 9.11 Å². The van der Waals surface area contributed by atoms with Crippen molar-refractivity contribution < 1.29 is 42.7 Å². The minimum absolute atomic E-state index is 0.210. The van der Waals surface area contributed by atoms with Crippen LogP contribution < -0.4 is 8.37 Å².